The number of thiophene rings is 1. The summed E-state index contributed by atoms with van der Waals surface area (Å²) in [7, 11) is 0. The average Bonchev–Trinajstić information content (AvgIpc) is 3.46. The average molecular weight is 438 g/mol. The molecular formula is C21H23N7O2S. The summed E-state index contributed by atoms with van der Waals surface area (Å²) in [6, 6.07) is 6.83. The normalized spacial score (nSPS) is 12.4. The molecule has 0 aliphatic carbocycles. The second-order valence-electron chi connectivity index (χ2n) is 7.77. The Morgan fingerprint density at radius 3 is 2.81 bits per heavy atom. The van der Waals surface area contributed by atoms with Gasteiger partial charge >= 0.3 is 0 Å². The zero-order valence-electron chi connectivity index (χ0n) is 17.3. The standard InChI is InChI=1S/C21H23N7O2S/c1-14(2)5-7-27-12-22-18-4-3-16(9-17(18)21(27)30)24-20(29)10-19(15-6-8-31-11-15)28-13-23-25-26-28/h3-4,6,8-9,11-14,19H,5,7,10H2,1-2H3,(H,24,29)/t19-/m1/s1. The quantitative estimate of drug-likeness (QED) is 0.454. The van der Waals surface area contributed by atoms with E-state index >= 15 is 0 Å². The van der Waals surface area contributed by atoms with Gasteiger partial charge in [0.25, 0.3) is 5.56 Å². The van der Waals surface area contributed by atoms with Crippen molar-refractivity contribution in [1.29, 1.82) is 0 Å². The minimum atomic E-state index is -0.309. The van der Waals surface area contributed by atoms with Crippen LogP contribution in [0.3, 0.4) is 0 Å². The molecule has 0 bridgehead atoms. The van der Waals surface area contributed by atoms with Crippen LogP contribution in [-0.4, -0.2) is 35.7 Å². The van der Waals surface area contributed by atoms with Crippen LogP contribution in [0, 0.1) is 5.92 Å². The van der Waals surface area contributed by atoms with Gasteiger partial charge in [-0.05, 0) is 63.4 Å². The molecule has 3 heterocycles. The van der Waals surface area contributed by atoms with E-state index in [9.17, 15) is 9.59 Å². The Kier molecular flexibility index (Phi) is 6.17. The number of hydrogen-bond acceptors (Lipinski definition) is 7. The third-order valence-corrected chi connectivity index (χ3v) is 5.75. The van der Waals surface area contributed by atoms with E-state index in [-0.39, 0.29) is 23.9 Å². The molecule has 4 rings (SSSR count). The SMILES string of the molecule is CC(C)CCn1cnc2ccc(NC(=O)C[C@H](c3ccsc3)n3cnnn3)cc2c1=O. The summed E-state index contributed by atoms with van der Waals surface area (Å²) >= 11 is 1.55. The molecule has 10 heteroatoms. The number of benzene rings is 1. The number of hydrogen-bond donors (Lipinski definition) is 1. The monoisotopic (exact) mass is 437 g/mol. The van der Waals surface area contributed by atoms with Crippen molar-refractivity contribution < 1.29 is 4.79 Å². The van der Waals surface area contributed by atoms with Crippen LogP contribution in [0.2, 0.25) is 0 Å². The van der Waals surface area contributed by atoms with Crippen molar-refractivity contribution in [2.45, 2.75) is 39.3 Å². The van der Waals surface area contributed by atoms with Gasteiger partial charge in [-0.1, -0.05) is 13.8 Å². The summed E-state index contributed by atoms with van der Waals surface area (Å²) in [5.74, 6) is 0.291. The highest BCUT2D eigenvalue weighted by Crippen LogP contribution is 2.24. The number of fused-ring (bicyclic) bond motifs is 1. The first-order valence-corrected chi connectivity index (χ1v) is 11.0. The number of anilines is 1. The lowest BCUT2D eigenvalue weighted by molar-refractivity contribution is -0.116. The molecule has 4 aromatic rings. The summed E-state index contributed by atoms with van der Waals surface area (Å²) in [6.07, 6.45) is 4.13. The molecule has 0 aliphatic heterocycles. The number of rotatable bonds is 8. The fraction of sp³-hybridized carbons (Fsp3) is 0.333. The van der Waals surface area contributed by atoms with Gasteiger partial charge in [0, 0.05) is 12.2 Å². The molecule has 0 aliphatic rings. The topological polar surface area (TPSA) is 108 Å². The minimum Gasteiger partial charge on any atom is -0.326 e. The summed E-state index contributed by atoms with van der Waals surface area (Å²) < 4.78 is 3.19. The van der Waals surface area contributed by atoms with Crippen LogP contribution >= 0.6 is 11.3 Å². The molecule has 1 amide bonds. The molecule has 3 aromatic heterocycles. The van der Waals surface area contributed by atoms with Gasteiger partial charge < -0.3 is 5.32 Å². The zero-order valence-corrected chi connectivity index (χ0v) is 18.1. The van der Waals surface area contributed by atoms with Crippen LogP contribution in [0.4, 0.5) is 5.69 Å². The van der Waals surface area contributed by atoms with E-state index in [0.29, 0.717) is 29.1 Å². The molecule has 0 spiro atoms. The zero-order chi connectivity index (χ0) is 21.8. The van der Waals surface area contributed by atoms with Crippen molar-refractivity contribution in [3.63, 3.8) is 0 Å². The first kappa shape index (κ1) is 20.9. The Morgan fingerprint density at radius 2 is 2.10 bits per heavy atom. The van der Waals surface area contributed by atoms with E-state index in [0.717, 1.165) is 12.0 Å². The maximum Gasteiger partial charge on any atom is 0.261 e. The van der Waals surface area contributed by atoms with Gasteiger partial charge in [0.15, 0.2) is 0 Å². The highest BCUT2D eigenvalue weighted by molar-refractivity contribution is 7.08. The highest BCUT2D eigenvalue weighted by Gasteiger charge is 2.20. The summed E-state index contributed by atoms with van der Waals surface area (Å²) in [5, 5.41) is 18.6. The van der Waals surface area contributed by atoms with Crippen molar-refractivity contribution in [2.24, 2.45) is 5.92 Å². The van der Waals surface area contributed by atoms with Gasteiger partial charge in [-0.3, -0.25) is 14.2 Å². The molecule has 1 atom stereocenters. The molecule has 0 radical (unpaired) electrons. The van der Waals surface area contributed by atoms with Crippen LogP contribution in [-0.2, 0) is 11.3 Å². The van der Waals surface area contributed by atoms with Crippen molar-refractivity contribution in [2.75, 3.05) is 5.32 Å². The Hall–Kier alpha value is -3.40. The van der Waals surface area contributed by atoms with E-state index < -0.39 is 0 Å². The van der Waals surface area contributed by atoms with E-state index in [4.69, 9.17) is 0 Å². The fourth-order valence-electron chi connectivity index (χ4n) is 3.32. The van der Waals surface area contributed by atoms with Gasteiger partial charge in [-0.2, -0.15) is 11.3 Å². The van der Waals surface area contributed by atoms with Crippen molar-refractivity contribution in [1.82, 2.24) is 29.8 Å². The van der Waals surface area contributed by atoms with Crippen LogP contribution in [0.15, 0.2) is 52.5 Å². The van der Waals surface area contributed by atoms with Gasteiger partial charge in [-0.25, -0.2) is 9.67 Å². The number of aromatic nitrogens is 6. The lowest BCUT2D eigenvalue weighted by atomic mass is 10.1. The largest absolute Gasteiger partial charge is 0.326 e. The number of amides is 1. The fourth-order valence-corrected chi connectivity index (χ4v) is 4.03. The van der Waals surface area contributed by atoms with Crippen LogP contribution in [0.1, 0.15) is 38.3 Å². The van der Waals surface area contributed by atoms with E-state index in [1.165, 1.54) is 6.33 Å². The van der Waals surface area contributed by atoms with E-state index in [1.54, 1.807) is 45.1 Å². The van der Waals surface area contributed by atoms with Crippen molar-refractivity contribution in [3.8, 4) is 0 Å². The van der Waals surface area contributed by atoms with Crippen molar-refractivity contribution >= 4 is 33.8 Å². The third kappa shape index (κ3) is 4.85. The number of carbonyl (C=O) groups excluding carboxylic acids is 1. The second kappa shape index (κ2) is 9.17. The first-order valence-electron chi connectivity index (χ1n) is 10.0. The summed E-state index contributed by atoms with van der Waals surface area (Å²) in [6.45, 7) is 4.85. The van der Waals surface area contributed by atoms with E-state index in [2.05, 4.69) is 39.7 Å². The Morgan fingerprint density at radius 1 is 1.23 bits per heavy atom. The van der Waals surface area contributed by atoms with Gasteiger partial charge in [-0.15, -0.1) is 5.10 Å². The molecular weight excluding hydrogens is 414 g/mol. The number of tetrazole rings is 1. The highest BCUT2D eigenvalue weighted by atomic mass is 32.1. The minimum absolute atomic E-state index is 0.105. The molecule has 0 fully saturated rings. The maximum absolute atomic E-state index is 12.9. The molecule has 9 nitrogen and oxygen atoms in total. The third-order valence-electron chi connectivity index (χ3n) is 5.05. The molecule has 0 saturated carbocycles. The predicted molar refractivity (Wildman–Crippen MR) is 119 cm³/mol. The molecule has 1 N–H and O–H groups in total. The van der Waals surface area contributed by atoms with Crippen LogP contribution < -0.4 is 10.9 Å². The summed E-state index contributed by atoms with van der Waals surface area (Å²) in [4.78, 5) is 30.0. The smallest absolute Gasteiger partial charge is 0.261 e. The Labute approximate surface area is 182 Å². The van der Waals surface area contributed by atoms with Crippen LogP contribution in [0.25, 0.3) is 10.9 Å². The van der Waals surface area contributed by atoms with E-state index in [1.807, 2.05) is 16.8 Å². The molecule has 0 unspecified atom stereocenters. The molecule has 0 saturated heterocycles. The number of nitrogens with zero attached hydrogens (tertiary/aromatic N) is 6. The number of nitrogens with one attached hydrogen (secondary N) is 1. The molecule has 31 heavy (non-hydrogen) atoms. The predicted octanol–water partition coefficient (Wildman–Crippen LogP) is 3.11. The Bertz CT molecular complexity index is 1180. The summed E-state index contributed by atoms with van der Waals surface area (Å²) in [5.41, 5.74) is 2.02. The number of carbonyl (C=O) groups is 1. The Balaban J connectivity index is 1.54. The lowest BCUT2D eigenvalue weighted by Crippen LogP contribution is -2.22. The first-order chi connectivity index (χ1) is 15.0. The van der Waals surface area contributed by atoms with Gasteiger partial charge in [0.2, 0.25) is 5.91 Å². The lowest BCUT2D eigenvalue weighted by Gasteiger charge is -2.15. The second-order valence-corrected chi connectivity index (χ2v) is 8.55. The van der Waals surface area contributed by atoms with Crippen molar-refractivity contribution in [3.05, 3.63) is 63.6 Å². The molecule has 160 valence electrons. The van der Waals surface area contributed by atoms with Gasteiger partial charge in [0.1, 0.15) is 6.33 Å². The maximum atomic E-state index is 12.9. The van der Waals surface area contributed by atoms with Crippen LogP contribution in [0.5, 0.6) is 0 Å². The molecule has 1 aromatic carbocycles. The van der Waals surface area contributed by atoms with Gasteiger partial charge in [0.05, 0.1) is 29.7 Å². The number of aryl methyl sites for hydroxylation is 1.